The third-order valence-corrected chi connectivity index (χ3v) is 6.15. The highest BCUT2D eigenvalue weighted by Gasteiger charge is 2.21. The minimum absolute atomic E-state index is 0.451. The number of hydrogen-bond acceptors (Lipinski definition) is 5. The lowest BCUT2D eigenvalue weighted by Gasteiger charge is -2.34. The molecule has 1 saturated heterocycles. The Bertz CT molecular complexity index is 1060. The van der Waals surface area contributed by atoms with Crippen LogP contribution >= 0.6 is 0 Å². The second-order valence-corrected chi connectivity index (χ2v) is 8.31. The molecule has 1 N–H and O–H groups in total. The zero-order valence-electron chi connectivity index (χ0n) is 17.7. The molecule has 0 spiro atoms. The number of piperazine rings is 1. The molecule has 5 nitrogen and oxygen atoms in total. The van der Waals surface area contributed by atoms with Crippen LogP contribution in [-0.2, 0) is 13.1 Å². The zero-order valence-corrected chi connectivity index (χ0v) is 17.7. The van der Waals surface area contributed by atoms with E-state index in [-0.39, 0.29) is 0 Å². The van der Waals surface area contributed by atoms with Crippen LogP contribution in [0.4, 0.5) is 5.82 Å². The van der Waals surface area contributed by atoms with Gasteiger partial charge in [-0.05, 0) is 40.5 Å². The second kappa shape index (κ2) is 9.02. The van der Waals surface area contributed by atoms with Crippen molar-refractivity contribution in [2.45, 2.75) is 13.1 Å². The van der Waals surface area contributed by atoms with Crippen LogP contribution in [0.2, 0.25) is 0 Å². The predicted octanol–water partition coefficient (Wildman–Crippen LogP) is 4.04. The van der Waals surface area contributed by atoms with E-state index in [9.17, 15) is 5.21 Å². The van der Waals surface area contributed by atoms with Gasteiger partial charge < -0.3 is 0 Å². The largest absolute Gasteiger partial charge is 0.297 e. The first-order valence-electron chi connectivity index (χ1n) is 11.0. The summed E-state index contributed by atoms with van der Waals surface area (Å²) in [5.74, 6) is 0.625. The summed E-state index contributed by atoms with van der Waals surface area (Å²) in [7, 11) is 0. The molecule has 2 aromatic carbocycles. The highest BCUT2D eigenvalue weighted by Crippen LogP contribution is 2.33. The van der Waals surface area contributed by atoms with E-state index in [1.807, 2.05) is 12.1 Å². The van der Waals surface area contributed by atoms with Crippen LogP contribution in [0.5, 0.6) is 0 Å². The third-order valence-electron chi connectivity index (χ3n) is 6.15. The summed E-state index contributed by atoms with van der Waals surface area (Å²) in [6, 6.07) is 23.5. The molecule has 0 unspecified atom stereocenters. The van der Waals surface area contributed by atoms with Crippen LogP contribution in [-0.4, -0.2) is 52.7 Å². The number of aromatic nitrogens is 1. The van der Waals surface area contributed by atoms with Crippen LogP contribution < -0.4 is 5.06 Å². The summed E-state index contributed by atoms with van der Waals surface area (Å²) in [6.07, 6.45) is 3.80. The van der Waals surface area contributed by atoms with Gasteiger partial charge in [-0.3, -0.25) is 15.0 Å². The van der Waals surface area contributed by atoms with Gasteiger partial charge in [-0.1, -0.05) is 54.6 Å². The monoisotopic (exact) mass is 412 g/mol. The minimum atomic E-state index is 0.451. The summed E-state index contributed by atoms with van der Waals surface area (Å²) >= 11 is 0. The van der Waals surface area contributed by atoms with Gasteiger partial charge in [0.15, 0.2) is 5.82 Å². The van der Waals surface area contributed by atoms with Crippen molar-refractivity contribution in [3.63, 3.8) is 0 Å². The number of hydroxylamine groups is 1. The van der Waals surface area contributed by atoms with Crippen molar-refractivity contribution in [2.24, 2.45) is 0 Å². The lowest BCUT2D eigenvalue weighted by molar-refractivity contribution is 0.122. The van der Waals surface area contributed by atoms with Gasteiger partial charge in [-0.2, -0.15) is 0 Å². The topological polar surface area (TPSA) is 42.8 Å². The number of benzene rings is 2. The molecule has 3 heterocycles. The Morgan fingerprint density at radius 2 is 1.48 bits per heavy atom. The minimum Gasteiger partial charge on any atom is -0.297 e. The van der Waals surface area contributed by atoms with E-state index in [1.165, 1.54) is 21.8 Å². The first-order chi connectivity index (χ1) is 15.3. The van der Waals surface area contributed by atoms with Gasteiger partial charge in [-0.25, -0.2) is 10.0 Å². The van der Waals surface area contributed by atoms with Crippen molar-refractivity contribution in [1.29, 1.82) is 0 Å². The SMILES string of the molecule is ON1CC=C(c2cccc(CN3CCN(Cc4ccccc4)CC3)c2)c2cccnc21. The highest BCUT2D eigenvalue weighted by atomic mass is 16.5. The molecule has 1 fully saturated rings. The fourth-order valence-electron chi connectivity index (χ4n) is 4.50. The Morgan fingerprint density at radius 3 is 2.26 bits per heavy atom. The van der Waals surface area contributed by atoms with Gasteiger partial charge in [0.05, 0.1) is 6.54 Å². The highest BCUT2D eigenvalue weighted by molar-refractivity contribution is 5.87. The normalized spacial score (nSPS) is 17.3. The number of rotatable bonds is 5. The zero-order chi connectivity index (χ0) is 21.0. The van der Waals surface area contributed by atoms with Crippen LogP contribution in [0.25, 0.3) is 5.57 Å². The molecule has 0 saturated carbocycles. The Hall–Kier alpha value is -2.99. The second-order valence-electron chi connectivity index (χ2n) is 8.31. The van der Waals surface area contributed by atoms with E-state index in [1.54, 1.807) is 6.20 Å². The van der Waals surface area contributed by atoms with Crippen molar-refractivity contribution in [2.75, 3.05) is 37.8 Å². The molecular weight excluding hydrogens is 384 g/mol. The Labute approximate surface area is 183 Å². The number of fused-ring (bicyclic) bond motifs is 1. The van der Waals surface area contributed by atoms with Crippen LogP contribution in [0.1, 0.15) is 22.3 Å². The van der Waals surface area contributed by atoms with Crippen molar-refractivity contribution in [3.8, 4) is 0 Å². The first kappa shape index (κ1) is 19.9. The van der Waals surface area contributed by atoms with Gasteiger partial charge in [0.25, 0.3) is 0 Å². The summed E-state index contributed by atoms with van der Waals surface area (Å²) in [6.45, 7) is 6.83. The Balaban J connectivity index is 1.24. The molecule has 2 aliphatic heterocycles. The molecule has 31 heavy (non-hydrogen) atoms. The molecule has 2 aliphatic rings. The average Bonchev–Trinajstić information content (AvgIpc) is 2.82. The predicted molar refractivity (Wildman–Crippen MR) is 124 cm³/mol. The summed E-state index contributed by atoms with van der Waals surface area (Å²) in [5.41, 5.74) is 6.01. The van der Waals surface area contributed by atoms with Gasteiger partial charge in [0, 0.05) is 51.0 Å². The van der Waals surface area contributed by atoms with Crippen LogP contribution in [0.3, 0.4) is 0 Å². The first-order valence-corrected chi connectivity index (χ1v) is 11.0. The molecule has 0 bridgehead atoms. The van der Waals surface area contributed by atoms with Crippen LogP contribution in [0.15, 0.2) is 79.0 Å². The number of nitrogens with zero attached hydrogens (tertiary/aromatic N) is 4. The van der Waals surface area contributed by atoms with E-state index >= 15 is 0 Å². The van der Waals surface area contributed by atoms with Crippen molar-refractivity contribution >= 4 is 11.4 Å². The van der Waals surface area contributed by atoms with Gasteiger partial charge in [0.2, 0.25) is 0 Å². The molecule has 5 heteroatoms. The smallest absolute Gasteiger partial charge is 0.160 e. The van der Waals surface area contributed by atoms with E-state index in [0.29, 0.717) is 12.4 Å². The van der Waals surface area contributed by atoms with Crippen molar-refractivity contribution in [3.05, 3.63) is 101 Å². The molecule has 158 valence electrons. The lowest BCUT2D eigenvalue weighted by atomic mass is 9.94. The number of pyridine rings is 1. The Morgan fingerprint density at radius 1 is 0.774 bits per heavy atom. The standard InChI is InChI=1S/C26H28N4O/c31-30-13-11-24(25-10-5-12-27-26(25)30)23-9-4-8-22(18-23)20-29-16-14-28(15-17-29)19-21-6-2-1-3-7-21/h1-12,18,31H,13-17,19-20H2. The molecule has 0 aliphatic carbocycles. The number of anilines is 1. The van der Waals surface area contributed by atoms with Gasteiger partial charge >= 0.3 is 0 Å². The molecule has 5 rings (SSSR count). The van der Waals surface area contributed by atoms with E-state index in [4.69, 9.17) is 0 Å². The molecular formula is C26H28N4O. The quantitative estimate of drug-likeness (QED) is 0.685. The maximum absolute atomic E-state index is 10.1. The lowest BCUT2D eigenvalue weighted by Crippen LogP contribution is -2.45. The molecule has 3 aromatic rings. The number of hydrogen-bond donors (Lipinski definition) is 1. The Kier molecular flexibility index (Phi) is 5.80. The molecule has 0 atom stereocenters. The molecule has 0 radical (unpaired) electrons. The fraction of sp³-hybridized carbons (Fsp3) is 0.269. The summed E-state index contributed by atoms with van der Waals surface area (Å²) < 4.78 is 0. The summed E-state index contributed by atoms with van der Waals surface area (Å²) in [4.78, 5) is 9.44. The maximum atomic E-state index is 10.1. The summed E-state index contributed by atoms with van der Waals surface area (Å²) in [5, 5.41) is 11.3. The van der Waals surface area contributed by atoms with Crippen molar-refractivity contribution < 1.29 is 5.21 Å². The van der Waals surface area contributed by atoms with E-state index in [2.05, 4.69) is 75.5 Å². The molecule has 1 aromatic heterocycles. The van der Waals surface area contributed by atoms with E-state index < -0.39 is 0 Å². The van der Waals surface area contributed by atoms with Crippen molar-refractivity contribution in [1.82, 2.24) is 14.8 Å². The fourth-order valence-corrected chi connectivity index (χ4v) is 4.50. The molecule has 0 amide bonds. The average molecular weight is 413 g/mol. The third kappa shape index (κ3) is 4.54. The van der Waals surface area contributed by atoms with Crippen LogP contribution in [0, 0.1) is 0 Å². The van der Waals surface area contributed by atoms with Gasteiger partial charge in [-0.15, -0.1) is 0 Å². The van der Waals surface area contributed by atoms with Gasteiger partial charge in [0.1, 0.15) is 0 Å². The maximum Gasteiger partial charge on any atom is 0.160 e. The van der Waals surface area contributed by atoms with E-state index in [0.717, 1.165) is 50.4 Å².